The Morgan fingerprint density at radius 3 is 2.53 bits per heavy atom. The van der Waals surface area contributed by atoms with Crippen molar-refractivity contribution in [2.45, 2.75) is 24.2 Å². The van der Waals surface area contributed by atoms with E-state index in [0.29, 0.717) is 22.2 Å². The van der Waals surface area contributed by atoms with Crippen molar-refractivity contribution in [3.8, 4) is 0 Å². The van der Waals surface area contributed by atoms with Gasteiger partial charge in [0.25, 0.3) is 5.91 Å². The van der Waals surface area contributed by atoms with Crippen molar-refractivity contribution >= 4 is 46.6 Å². The number of hydrogen-bond donors (Lipinski definition) is 3. The maximum Gasteiger partial charge on any atom is 0.416 e. The number of fused-ring (bicyclic) bond motifs is 4. The van der Waals surface area contributed by atoms with E-state index >= 15 is 0 Å². The third-order valence-electron chi connectivity index (χ3n) is 6.73. The Balaban J connectivity index is 1.68. The minimum atomic E-state index is -4.74. The van der Waals surface area contributed by atoms with Crippen molar-refractivity contribution in [2.75, 3.05) is 10.2 Å². The van der Waals surface area contributed by atoms with Crippen LogP contribution in [0.5, 0.6) is 0 Å². The Kier molecular flexibility index (Phi) is 4.79. The average Bonchev–Trinajstić information content (AvgIpc) is 3.32. The number of nitrogens with zero attached hydrogens (tertiary/aromatic N) is 1. The number of quaternary nitrogens is 1. The van der Waals surface area contributed by atoms with Crippen LogP contribution in [-0.4, -0.2) is 29.7 Å². The second kappa shape index (κ2) is 7.28. The number of anilines is 2. The van der Waals surface area contributed by atoms with E-state index in [0.717, 1.165) is 12.1 Å². The number of para-hydroxylation sites is 1. The van der Waals surface area contributed by atoms with Gasteiger partial charge in [0.2, 0.25) is 23.3 Å². The molecule has 0 saturated carbocycles. The Morgan fingerprint density at radius 2 is 1.85 bits per heavy atom. The molecule has 0 radical (unpaired) electrons. The first-order valence-electron chi connectivity index (χ1n) is 10.3. The molecule has 176 valence electrons. The van der Waals surface area contributed by atoms with Crippen LogP contribution in [0.4, 0.5) is 24.5 Å². The molecule has 12 heteroatoms. The minimum Gasteiger partial charge on any atom is -0.369 e. The maximum absolute atomic E-state index is 13.7. The van der Waals surface area contributed by atoms with Gasteiger partial charge in [-0.15, -0.1) is 0 Å². The number of rotatable bonds is 3. The second-order valence-electron chi connectivity index (χ2n) is 8.55. The van der Waals surface area contributed by atoms with Crippen LogP contribution in [0.15, 0.2) is 42.5 Å². The van der Waals surface area contributed by atoms with Crippen molar-refractivity contribution in [3.63, 3.8) is 0 Å². The molecule has 0 bridgehead atoms. The van der Waals surface area contributed by atoms with Crippen molar-refractivity contribution in [1.29, 1.82) is 0 Å². The maximum atomic E-state index is 13.7. The zero-order chi connectivity index (χ0) is 24.6. The lowest BCUT2D eigenvalue weighted by Crippen LogP contribution is -2.99. The summed E-state index contributed by atoms with van der Waals surface area (Å²) in [6.45, 7) is 0. The van der Waals surface area contributed by atoms with Crippen molar-refractivity contribution < 1.29 is 37.7 Å². The van der Waals surface area contributed by atoms with Gasteiger partial charge >= 0.3 is 6.18 Å². The highest BCUT2D eigenvalue weighted by molar-refractivity contribution is 6.36. The molecule has 0 aliphatic carbocycles. The van der Waals surface area contributed by atoms with Gasteiger partial charge in [0.1, 0.15) is 17.9 Å². The minimum absolute atomic E-state index is 0.240. The van der Waals surface area contributed by atoms with Gasteiger partial charge in [-0.2, -0.15) is 13.2 Å². The molecule has 4 amide bonds. The summed E-state index contributed by atoms with van der Waals surface area (Å²) in [5.74, 6) is -5.48. The number of amides is 4. The van der Waals surface area contributed by atoms with E-state index < -0.39 is 64.5 Å². The van der Waals surface area contributed by atoms with Crippen molar-refractivity contribution in [1.82, 2.24) is 0 Å². The lowest BCUT2D eigenvalue weighted by molar-refractivity contribution is -0.732. The summed E-state index contributed by atoms with van der Waals surface area (Å²) in [4.78, 5) is 52.9. The fourth-order valence-electron chi connectivity index (χ4n) is 5.44. The van der Waals surface area contributed by atoms with Crippen LogP contribution in [-0.2, 0) is 30.9 Å². The summed E-state index contributed by atoms with van der Waals surface area (Å²) >= 11 is 6.12. The van der Waals surface area contributed by atoms with Crippen LogP contribution in [0, 0.1) is 11.8 Å². The highest BCUT2D eigenvalue weighted by Gasteiger charge is 2.74. The summed E-state index contributed by atoms with van der Waals surface area (Å²) < 4.78 is 40.0. The summed E-state index contributed by atoms with van der Waals surface area (Å²) in [6, 6.07) is 8.04. The molecule has 3 heterocycles. The molecule has 4 atom stereocenters. The molecule has 34 heavy (non-hydrogen) atoms. The standard InChI is InChI=1S/C22H16ClF3N4O4/c23-11-6-5-9(22(24,25)26)7-14(11)30-18(32)16-13(8-15(27)31)29-21(17(16)19(30)33)10-3-1-2-4-12(10)28-20(21)34/h1-7,13,16-17,29H,8H2,(H2,27,31)(H,28,34)/p+1/t13-,16+,17-,21-/m0/s1. The number of nitrogens with one attached hydrogen (secondary N) is 1. The van der Waals surface area contributed by atoms with E-state index in [4.69, 9.17) is 17.3 Å². The Bertz CT molecular complexity index is 1280. The van der Waals surface area contributed by atoms with Gasteiger partial charge in [-0.25, -0.2) is 4.90 Å². The predicted octanol–water partition coefficient (Wildman–Crippen LogP) is 1.13. The first kappa shape index (κ1) is 22.4. The van der Waals surface area contributed by atoms with E-state index in [2.05, 4.69) is 5.32 Å². The van der Waals surface area contributed by atoms with Gasteiger partial charge in [0.05, 0.1) is 28.4 Å². The normalized spacial score (nSPS) is 27.8. The van der Waals surface area contributed by atoms with Gasteiger partial charge in [0.15, 0.2) is 0 Å². The van der Waals surface area contributed by atoms with Gasteiger partial charge in [-0.3, -0.25) is 19.2 Å². The smallest absolute Gasteiger partial charge is 0.369 e. The zero-order valence-electron chi connectivity index (χ0n) is 17.2. The van der Waals surface area contributed by atoms with E-state index in [1.807, 2.05) is 0 Å². The molecule has 0 aromatic heterocycles. The largest absolute Gasteiger partial charge is 0.416 e. The summed E-state index contributed by atoms with van der Waals surface area (Å²) in [7, 11) is 0. The van der Waals surface area contributed by atoms with Crippen molar-refractivity contribution in [2.24, 2.45) is 17.6 Å². The fourth-order valence-corrected chi connectivity index (χ4v) is 5.64. The fraction of sp³-hybridized carbons (Fsp3) is 0.273. The molecule has 5 N–H and O–H groups in total. The quantitative estimate of drug-likeness (QED) is 0.554. The summed E-state index contributed by atoms with van der Waals surface area (Å²) in [5.41, 5.74) is 3.15. The predicted molar refractivity (Wildman–Crippen MR) is 112 cm³/mol. The first-order chi connectivity index (χ1) is 16.0. The molecule has 2 saturated heterocycles. The van der Waals surface area contributed by atoms with Gasteiger partial charge in [-0.05, 0) is 24.3 Å². The Hall–Kier alpha value is -3.44. The number of imide groups is 1. The van der Waals surface area contributed by atoms with E-state index in [-0.39, 0.29) is 11.4 Å². The number of hydrogen-bond acceptors (Lipinski definition) is 4. The molecule has 8 nitrogen and oxygen atoms in total. The molecule has 5 rings (SSSR count). The topological polar surface area (TPSA) is 126 Å². The van der Waals surface area contributed by atoms with Crippen LogP contribution in [0.25, 0.3) is 0 Å². The third-order valence-corrected chi connectivity index (χ3v) is 7.05. The lowest BCUT2D eigenvalue weighted by Gasteiger charge is -2.26. The highest BCUT2D eigenvalue weighted by atomic mass is 35.5. The number of alkyl halides is 3. The number of benzene rings is 2. The number of nitrogens with two attached hydrogens (primary N) is 2. The third kappa shape index (κ3) is 2.96. The zero-order valence-corrected chi connectivity index (χ0v) is 18.0. The van der Waals surface area contributed by atoms with E-state index in [9.17, 15) is 32.3 Å². The molecule has 2 fully saturated rings. The molecule has 3 aliphatic heterocycles. The lowest BCUT2D eigenvalue weighted by atomic mass is 9.76. The number of primary amides is 1. The van der Waals surface area contributed by atoms with Crippen LogP contribution in [0.3, 0.4) is 0 Å². The van der Waals surface area contributed by atoms with Crippen LogP contribution in [0.1, 0.15) is 17.5 Å². The number of carbonyl (C=O) groups excluding carboxylic acids is 4. The van der Waals surface area contributed by atoms with Gasteiger partial charge in [0, 0.05) is 5.56 Å². The summed E-state index contributed by atoms with van der Waals surface area (Å²) in [5, 5.41) is 3.97. The monoisotopic (exact) mass is 493 g/mol. The average molecular weight is 494 g/mol. The molecule has 2 aromatic carbocycles. The van der Waals surface area contributed by atoms with E-state index in [1.54, 1.807) is 24.3 Å². The highest BCUT2D eigenvalue weighted by Crippen LogP contribution is 2.51. The molecular weight excluding hydrogens is 477 g/mol. The van der Waals surface area contributed by atoms with Crippen LogP contribution < -0.4 is 21.3 Å². The van der Waals surface area contributed by atoms with Gasteiger partial charge < -0.3 is 16.4 Å². The van der Waals surface area contributed by atoms with Crippen LogP contribution >= 0.6 is 11.6 Å². The molecular formula is C22H17ClF3N4O4+. The summed E-state index contributed by atoms with van der Waals surface area (Å²) in [6.07, 6.45) is -5.06. The molecule has 3 aliphatic rings. The Labute approximate surface area is 195 Å². The SMILES string of the molecule is NC(=O)C[C@@H]1[NH2+][C@]2(C(=O)Nc3ccccc32)[C@@H]2C(=O)N(c3cc(C(F)(F)F)ccc3Cl)C(=O)[C@H]12. The number of halogens is 4. The number of carbonyl (C=O) groups is 4. The second-order valence-corrected chi connectivity index (χ2v) is 8.96. The van der Waals surface area contributed by atoms with Crippen LogP contribution in [0.2, 0.25) is 5.02 Å². The van der Waals surface area contributed by atoms with Crippen molar-refractivity contribution in [3.05, 3.63) is 58.6 Å². The Morgan fingerprint density at radius 1 is 1.15 bits per heavy atom. The molecule has 2 aromatic rings. The molecule has 1 spiro atoms. The van der Waals surface area contributed by atoms with E-state index in [1.165, 1.54) is 5.32 Å². The first-order valence-corrected chi connectivity index (χ1v) is 10.6. The molecule has 0 unspecified atom stereocenters. The van der Waals surface area contributed by atoms with Gasteiger partial charge in [-0.1, -0.05) is 29.8 Å².